The van der Waals surface area contributed by atoms with E-state index in [0.29, 0.717) is 12.1 Å². The van der Waals surface area contributed by atoms with E-state index in [1.807, 2.05) is 23.1 Å². The minimum atomic E-state index is -0.434. The molecule has 1 N–H and O–H groups in total. The molecule has 150 valence electrons. The molecule has 1 aromatic carbocycles. The summed E-state index contributed by atoms with van der Waals surface area (Å²) in [6, 6.07) is 12.1. The van der Waals surface area contributed by atoms with Gasteiger partial charge in [-0.05, 0) is 50.0 Å². The SMILES string of the molecule is Cl.O=C(Cc1cccc([N+](=O)[O-])c1)N(Cc1ccccn1)C1CCCNCC1. The van der Waals surface area contributed by atoms with Crippen LogP contribution in [0.1, 0.15) is 30.5 Å². The molecule has 1 aliphatic rings. The molecular weight excluding hydrogens is 380 g/mol. The summed E-state index contributed by atoms with van der Waals surface area (Å²) in [4.78, 5) is 29.9. The number of carbonyl (C=O) groups is 1. The second kappa shape index (κ2) is 10.7. The van der Waals surface area contributed by atoms with Crippen LogP contribution in [0.3, 0.4) is 0 Å². The van der Waals surface area contributed by atoms with Crippen molar-refractivity contribution in [2.45, 2.75) is 38.3 Å². The van der Waals surface area contributed by atoms with Crippen LogP contribution >= 0.6 is 12.4 Å². The van der Waals surface area contributed by atoms with Crippen molar-refractivity contribution in [3.63, 3.8) is 0 Å². The number of hydrogen-bond acceptors (Lipinski definition) is 5. The molecule has 1 amide bonds. The first-order valence-electron chi connectivity index (χ1n) is 9.27. The van der Waals surface area contributed by atoms with Gasteiger partial charge in [0.1, 0.15) is 0 Å². The van der Waals surface area contributed by atoms with Gasteiger partial charge in [-0.15, -0.1) is 12.4 Å². The molecule has 3 rings (SSSR count). The van der Waals surface area contributed by atoms with Crippen LogP contribution in [-0.4, -0.2) is 39.8 Å². The van der Waals surface area contributed by atoms with Gasteiger partial charge in [0.05, 0.1) is 23.6 Å². The summed E-state index contributed by atoms with van der Waals surface area (Å²) < 4.78 is 0. The third kappa shape index (κ3) is 6.00. The molecule has 1 aromatic heterocycles. The highest BCUT2D eigenvalue weighted by Crippen LogP contribution is 2.19. The predicted octanol–water partition coefficient (Wildman–Crippen LogP) is 3.13. The van der Waals surface area contributed by atoms with Gasteiger partial charge in [-0.25, -0.2) is 0 Å². The third-order valence-electron chi connectivity index (χ3n) is 4.84. The number of amides is 1. The van der Waals surface area contributed by atoms with E-state index < -0.39 is 4.92 Å². The number of benzene rings is 1. The molecule has 0 radical (unpaired) electrons. The molecule has 2 aromatic rings. The van der Waals surface area contributed by atoms with Gasteiger partial charge in [-0.3, -0.25) is 19.9 Å². The Hall–Kier alpha value is -2.51. The minimum Gasteiger partial charge on any atom is -0.333 e. The number of nitro benzene ring substituents is 1. The lowest BCUT2D eigenvalue weighted by molar-refractivity contribution is -0.384. The molecule has 8 heteroatoms. The Morgan fingerprint density at radius 1 is 1.21 bits per heavy atom. The number of nitrogens with zero attached hydrogens (tertiary/aromatic N) is 3. The van der Waals surface area contributed by atoms with Crippen molar-refractivity contribution < 1.29 is 9.72 Å². The fourth-order valence-corrected chi connectivity index (χ4v) is 3.46. The molecular formula is C20H25ClN4O3. The van der Waals surface area contributed by atoms with E-state index in [2.05, 4.69) is 10.3 Å². The van der Waals surface area contributed by atoms with Gasteiger partial charge in [0.25, 0.3) is 5.69 Å². The monoisotopic (exact) mass is 404 g/mol. The lowest BCUT2D eigenvalue weighted by Crippen LogP contribution is -2.41. The van der Waals surface area contributed by atoms with Crippen molar-refractivity contribution in [1.82, 2.24) is 15.2 Å². The van der Waals surface area contributed by atoms with Crippen LogP contribution in [0.5, 0.6) is 0 Å². The standard InChI is InChI=1S/C20H24N4O3.ClH/c25-20(14-16-5-3-7-19(13-16)24(26)27)23(15-17-6-1-2-11-22-17)18-8-4-10-21-12-9-18;/h1-3,5-7,11,13,18,21H,4,8-10,12,14-15H2;1H. The second-order valence-corrected chi connectivity index (χ2v) is 6.78. The van der Waals surface area contributed by atoms with Gasteiger partial charge >= 0.3 is 0 Å². The second-order valence-electron chi connectivity index (χ2n) is 6.78. The average molecular weight is 405 g/mol. The average Bonchev–Trinajstić information content (AvgIpc) is 2.96. The predicted molar refractivity (Wildman–Crippen MR) is 109 cm³/mol. The molecule has 0 aliphatic carbocycles. The number of pyridine rings is 1. The summed E-state index contributed by atoms with van der Waals surface area (Å²) in [6.45, 7) is 2.31. The Morgan fingerprint density at radius 3 is 2.82 bits per heavy atom. The van der Waals surface area contributed by atoms with Gasteiger partial charge in [-0.2, -0.15) is 0 Å². The molecule has 1 atom stereocenters. The van der Waals surface area contributed by atoms with Crippen LogP contribution in [0.25, 0.3) is 0 Å². The van der Waals surface area contributed by atoms with Crippen LogP contribution in [0.15, 0.2) is 48.7 Å². The highest BCUT2D eigenvalue weighted by Gasteiger charge is 2.25. The number of aromatic nitrogens is 1. The Balaban J connectivity index is 0.00000280. The topological polar surface area (TPSA) is 88.4 Å². The van der Waals surface area contributed by atoms with Crippen molar-refractivity contribution in [3.05, 3.63) is 70.0 Å². The van der Waals surface area contributed by atoms with Crippen molar-refractivity contribution >= 4 is 24.0 Å². The first-order valence-corrected chi connectivity index (χ1v) is 9.27. The highest BCUT2D eigenvalue weighted by atomic mass is 35.5. The number of rotatable bonds is 6. The summed E-state index contributed by atoms with van der Waals surface area (Å²) in [6.07, 6.45) is 4.74. The summed E-state index contributed by atoms with van der Waals surface area (Å²) in [5.74, 6) is -0.0203. The maximum absolute atomic E-state index is 13.1. The number of halogens is 1. The fraction of sp³-hybridized carbons (Fsp3) is 0.400. The van der Waals surface area contributed by atoms with Gasteiger partial charge < -0.3 is 10.2 Å². The molecule has 0 saturated carbocycles. The van der Waals surface area contributed by atoms with E-state index in [9.17, 15) is 14.9 Å². The van der Waals surface area contributed by atoms with E-state index in [0.717, 1.165) is 38.0 Å². The minimum absolute atomic E-state index is 0. The molecule has 0 bridgehead atoms. The number of nitro groups is 1. The number of non-ortho nitro benzene ring substituents is 1. The number of nitrogens with one attached hydrogen (secondary N) is 1. The summed E-state index contributed by atoms with van der Waals surface area (Å²) >= 11 is 0. The quantitative estimate of drug-likeness (QED) is 0.590. The van der Waals surface area contributed by atoms with Crippen molar-refractivity contribution in [2.24, 2.45) is 0 Å². The van der Waals surface area contributed by atoms with E-state index >= 15 is 0 Å². The Bertz CT molecular complexity index is 780. The molecule has 1 fully saturated rings. The van der Waals surface area contributed by atoms with Gasteiger partial charge in [0.15, 0.2) is 0 Å². The summed E-state index contributed by atoms with van der Waals surface area (Å²) in [5.41, 5.74) is 1.52. The van der Waals surface area contributed by atoms with Gasteiger partial charge in [-0.1, -0.05) is 18.2 Å². The first-order chi connectivity index (χ1) is 13.1. The van der Waals surface area contributed by atoms with E-state index in [1.165, 1.54) is 12.1 Å². The number of carbonyl (C=O) groups excluding carboxylic acids is 1. The zero-order valence-electron chi connectivity index (χ0n) is 15.6. The van der Waals surface area contributed by atoms with Crippen LogP contribution in [-0.2, 0) is 17.8 Å². The fourth-order valence-electron chi connectivity index (χ4n) is 3.46. The van der Waals surface area contributed by atoms with Crippen molar-refractivity contribution in [3.8, 4) is 0 Å². The largest absolute Gasteiger partial charge is 0.333 e. The lowest BCUT2D eigenvalue weighted by atomic mass is 10.0. The van der Waals surface area contributed by atoms with Gasteiger partial charge in [0, 0.05) is 24.4 Å². The third-order valence-corrected chi connectivity index (χ3v) is 4.84. The molecule has 1 aliphatic heterocycles. The van der Waals surface area contributed by atoms with Crippen LogP contribution in [0.4, 0.5) is 5.69 Å². The molecule has 28 heavy (non-hydrogen) atoms. The highest BCUT2D eigenvalue weighted by molar-refractivity contribution is 5.85. The molecule has 2 heterocycles. The zero-order chi connectivity index (χ0) is 19.1. The first kappa shape index (κ1) is 21.8. The molecule has 1 unspecified atom stereocenters. The van der Waals surface area contributed by atoms with Crippen molar-refractivity contribution in [2.75, 3.05) is 13.1 Å². The molecule has 0 spiro atoms. The Labute approximate surface area is 170 Å². The smallest absolute Gasteiger partial charge is 0.269 e. The van der Waals surface area contributed by atoms with Crippen LogP contribution < -0.4 is 5.32 Å². The normalized spacial score (nSPS) is 16.5. The Morgan fingerprint density at radius 2 is 2.07 bits per heavy atom. The lowest BCUT2D eigenvalue weighted by Gasteiger charge is -2.31. The van der Waals surface area contributed by atoms with Gasteiger partial charge in [0.2, 0.25) is 5.91 Å². The summed E-state index contributed by atoms with van der Waals surface area (Å²) in [7, 11) is 0. The molecule has 1 saturated heterocycles. The zero-order valence-corrected chi connectivity index (χ0v) is 16.4. The molecule has 7 nitrogen and oxygen atoms in total. The Kier molecular flexibility index (Phi) is 8.35. The van der Waals surface area contributed by atoms with E-state index in [4.69, 9.17) is 0 Å². The van der Waals surface area contributed by atoms with E-state index in [1.54, 1.807) is 18.3 Å². The van der Waals surface area contributed by atoms with Crippen LogP contribution in [0, 0.1) is 10.1 Å². The number of hydrogen-bond donors (Lipinski definition) is 1. The maximum Gasteiger partial charge on any atom is 0.269 e. The van der Waals surface area contributed by atoms with Crippen LogP contribution in [0.2, 0.25) is 0 Å². The van der Waals surface area contributed by atoms with Crippen molar-refractivity contribution in [1.29, 1.82) is 0 Å². The maximum atomic E-state index is 13.1. The van der Waals surface area contributed by atoms with E-state index in [-0.39, 0.29) is 36.5 Å². The summed E-state index contributed by atoms with van der Waals surface area (Å²) in [5, 5.41) is 14.4.